The van der Waals surface area contributed by atoms with E-state index in [1.165, 1.54) is 44.1 Å². The van der Waals surface area contributed by atoms with Crippen LogP contribution in [0.25, 0.3) is 0 Å². The Bertz CT molecular complexity index is 416. The normalized spacial score (nSPS) is 20.0. The number of benzene rings is 1. The van der Waals surface area contributed by atoms with Gasteiger partial charge in [0.15, 0.2) is 5.79 Å². The van der Waals surface area contributed by atoms with E-state index in [-0.39, 0.29) is 5.79 Å². The van der Waals surface area contributed by atoms with Gasteiger partial charge in [0.25, 0.3) is 0 Å². The molecule has 0 amide bonds. The first kappa shape index (κ1) is 18.4. The molecule has 3 heteroatoms. The molecule has 1 aliphatic rings. The number of unbranched alkanes of at least 4 members (excludes halogenated alkanes) is 5. The third-order valence-corrected chi connectivity index (χ3v) is 4.24. The Labute approximate surface area is 141 Å². The van der Waals surface area contributed by atoms with Crippen molar-refractivity contribution in [2.75, 3.05) is 13.2 Å². The molecule has 130 valence electrons. The summed E-state index contributed by atoms with van der Waals surface area (Å²) >= 11 is 0. The Balaban J connectivity index is 1.35. The summed E-state index contributed by atoms with van der Waals surface area (Å²) < 4.78 is 17.1. The highest BCUT2D eigenvalue weighted by Gasteiger charge is 2.31. The van der Waals surface area contributed by atoms with Crippen LogP contribution in [0.5, 0.6) is 0 Å². The van der Waals surface area contributed by atoms with Crippen LogP contribution in [0.1, 0.15) is 64.4 Å². The van der Waals surface area contributed by atoms with Gasteiger partial charge in [-0.15, -0.1) is 0 Å². The van der Waals surface area contributed by atoms with Crippen LogP contribution in [-0.4, -0.2) is 25.1 Å². The van der Waals surface area contributed by atoms with Crippen LogP contribution in [0.3, 0.4) is 0 Å². The minimum atomic E-state index is -0.371. The predicted octanol–water partition coefficient (Wildman–Crippen LogP) is 5.09. The summed E-state index contributed by atoms with van der Waals surface area (Å²) in [5, 5.41) is 0. The topological polar surface area (TPSA) is 27.7 Å². The van der Waals surface area contributed by atoms with Gasteiger partial charge in [-0.05, 0) is 32.3 Å². The predicted molar refractivity (Wildman–Crippen MR) is 93.3 cm³/mol. The van der Waals surface area contributed by atoms with Crippen LogP contribution in [0.2, 0.25) is 0 Å². The van der Waals surface area contributed by atoms with Gasteiger partial charge in [-0.2, -0.15) is 0 Å². The third-order valence-electron chi connectivity index (χ3n) is 4.24. The van der Waals surface area contributed by atoms with Gasteiger partial charge in [0.1, 0.15) is 0 Å². The molecule has 0 N–H and O–H groups in total. The Morgan fingerprint density at radius 1 is 1.00 bits per heavy atom. The molecule has 1 aromatic rings. The van der Waals surface area contributed by atoms with E-state index in [0.717, 1.165) is 26.2 Å². The fraction of sp³-hybridized carbons (Fsp3) is 0.700. The van der Waals surface area contributed by atoms with Crippen molar-refractivity contribution in [3.63, 3.8) is 0 Å². The molecule has 1 atom stereocenters. The van der Waals surface area contributed by atoms with E-state index in [4.69, 9.17) is 14.2 Å². The van der Waals surface area contributed by atoms with E-state index < -0.39 is 0 Å². The summed E-state index contributed by atoms with van der Waals surface area (Å²) in [6, 6.07) is 10.4. The lowest BCUT2D eigenvalue weighted by molar-refractivity contribution is -0.139. The first-order valence-corrected chi connectivity index (χ1v) is 9.09. The average Bonchev–Trinajstić information content (AvgIpc) is 2.89. The molecule has 0 radical (unpaired) electrons. The highest BCUT2D eigenvalue weighted by molar-refractivity contribution is 5.13. The van der Waals surface area contributed by atoms with Crippen LogP contribution in [-0.2, 0) is 20.8 Å². The zero-order chi connectivity index (χ0) is 16.4. The van der Waals surface area contributed by atoms with Crippen molar-refractivity contribution >= 4 is 0 Å². The number of hydrogen-bond acceptors (Lipinski definition) is 3. The van der Waals surface area contributed by atoms with Gasteiger partial charge in [0.05, 0.1) is 19.3 Å². The molecule has 1 unspecified atom stereocenters. The summed E-state index contributed by atoms with van der Waals surface area (Å²) in [6.07, 6.45) is 9.03. The van der Waals surface area contributed by atoms with Crippen molar-refractivity contribution in [1.29, 1.82) is 0 Å². The zero-order valence-corrected chi connectivity index (χ0v) is 14.8. The Hall–Kier alpha value is -0.900. The van der Waals surface area contributed by atoms with Crippen LogP contribution in [0.4, 0.5) is 0 Å². The summed E-state index contributed by atoms with van der Waals surface area (Å²) in [5.41, 5.74) is 1.26. The lowest BCUT2D eigenvalue weighted by Crippen LogP contribution is -2.21. The number of rotatable bonds is 11. The maximum atomic E-state index is 5.82. The molecule has 3 nitrogen and oxygen atoms in total. The fourth-order valence-electron chi connectivity index (χ4n) is 2.95. The smallest absolute Gasteiger partial charge is 0.163 e. The molecule has 1 fully saturated rings. The number of ether oxygens (including phenoxy) is 3. The van der Waals surface area contributed by atoms with E-state index in [1.807, 2.05) is 19.9 Å². The quantitative estimate of drug-likeness (QED) is 0.532. The SMILES string of the molecule is CC1(C)OCC(CCCCCCCCOCc2ccccc2)O1. The minimum absolute atomic E-state index is 0.302. The van der Waals surface area contributed by atoms with Gasteiger partial charge in [0.2, 0.25) is 0 Å². The Kier molecular flexibility index (Phi) is 8.07. The van der Waals surface area contributed by atoms with E-state index in [2.05, 4.69) is 24.3 Å². The first-order chi connectivity index (χ1) is 11.2. The van der Waals surface area contributed by atoms with Crippen molar-refractivity contribution in [3.8, 4) is 0 Å². The lowest BCUT2D eigenvalue weighted by Gasteiger charge is -2.16. The van der Waals surface area contributed by atoms with Gasteiger partial charge in [0, 0.05) is 6.61 Å². The Morgan fingerprint density at radius 3 is 2.39 bits per heavy atom. The van der Waals surface area contributed by atoms with E-state index in [1.54, 1.807) is 0 Å². The monoisotopic (exact) mass is 320 g/mol. The molecule has 1 aliphatic heterocycles. The second kappa shape index (κ2) is 10.1. The second-order valence-corrected chi connectivity index (χ2v) is 6.90. The Morgan fingerprint density at radius 2 is 1.70 bits per heavy atom. The largest absolute Gasteiger partial charge is 0.377 e. The lowest BCUT2D eigenvalue weighted by atomic mass is 10.1. The highest BCUT2D eigenvalue weighted by Crippen LogP contribution is 2.25. The van der Waals surface area contributed by atoms with Crippen LogP contribution in [0.15, 0.2) is 30.3 Å². The maximum absolute atomic E-state index is 5.82. The third kappa shape index (κ3) is 7.96. The molecular weight excluding hydrogens is 288 g/mol. The second-order valence-electron chi connectivity index (χ2n) is 6.90. The maximum Gasteiger partial charge on any atom is 0.163 e. The molecule has 2 rings (SSSR count). The summed E-state index contributed by atoms with van der Waals surface area (Å²) in [4.78, 5) is 0. The van der Waals surface area contributed by atoms with Gasteiger partial charge in [-0.3, -0.25) is 0 Å². The van der Waals surface area contributed by atoms with Gasteiger partial charge >= 0.3 is 0 Å². The van der Waals surface area contributed by atoms with Gasteiger partial charge in [-0.1, -0.05) is 62.4 Å². The van der Waals surface area contributed by atoms with E-state index in [0.29, 0.717) is 6.10 Å². The highest BCUT2D eigenvalue weighted by atomic mass is 16.7. The van der Waals surface area contributed by atoms with Crippen molar-refractivity contribution in [2.24, 2.45) is 0 Å². The van der Waals surface area contributed by atoms with Crippen molar-refractivity contribution in [2.45, 2.75) is 77.3 Å². The standard InChI is InChI=1S/C20H32O3/c1-20(2)22-17-19(23-20)14-10-5-3-4-6-11-15-21-16-18-12-8-7-9-13-18/h7-9,12-13,19H,3-6,10-11,14-17H2,1-2H3. The van der Waals surface area contributed by atoms with Gasteiger partial charge in [-0.25, -0.2) is 0 Å². The molecule has 0 aromatic heterocycles. The molecule has 1 aromatic carbocycles. The zero-order valence-electron chi connectivity index (χ0n) is 14.8. The molecule has 0 aliphatic carbocycles. The first-order valence-electron chi connectivity index (χ1n) is 9.09. The van der Waals surface area contributed by atoms with Crippen LogP contribution in [0, 0.1) is 0 Å². The fourth-order valence-corrected chi connectivity index (χ4v) is 2.95. The van der Waals surface area contributed by atoms with E-state index in [9.17, 15) is 0 Å². The molecule has 1 heterocycles. The summed E-state index contributed by atoms with van der Waals surface area (Å²) in [6.45, 7) is 6.35. The van der Waals surface area contributed by atoms with E-state index >= 15 is 0 Å². The summed E-state index contributed by atoms with van der Waals surface area (Å²) in [7, 11) is 0. The molecule has 0 spiro atoms. The van der Waals surface area contributed by atoms with Crippen molar-refractivity contribution in [3.05, 3.63) is 35.9 Å². The van der Waals surface area contributed by atoms with Gasteiger partial charge < -0.3 is 14.2 Å². The molecule has 0 bridgehead atoms. The summed E-state index contributed by atoms with van der Waals surface area (Å²) in [5.74, 6) is -0.371. The van der Waals surface area contributed by atoms with Crippen LogP contribution < -0.4 is 0 Å². The molecule has 0 saturated carbocycles. The van der Waals surface area contributed by atoms with Crippen LogP contribution >= 0.6 is 0 Å². The number of hydrogen-bond donors (Lipinski definition) is 0. The van der Waals surface area contributed by atoms with Crippen molar-refractivity contribution in [1.82, 2.24) is 0 Å². The molecule has 23 heavy (non-hydrogen) atoms. The minimum Gasteiger partial charge on any atom is -0.377 e. The molecular formula is C20H32O3. The average molecular weight is 320 g/mol. The van der Waals surface area contributed by atoms with Crippen molar-refractivity contribution < 1.29 is 14.2 Å². The molecule has 1 saturated heterocycles.